The van der Waals surface area contributed by atoms with E-state index in [-0.39, 0.29) is 11.4 Å². The van der Waals surface area contributed by atoms with Crippen molar-refractivity contribution in [2.24, 2.45) is 33.7 Å². The molecule has 5 atom stereocenters. The van der Waals surface area contributed by atoms with Gasteiger partial charge in [-0.05, 0) is 73.7 Å². The van der Waals surface area contributed by atoms with Gasteiger partial charge < -0.3 is 9.94 Å². The van der Waals surface area contributed by atoms with Crippen LogP contribution in [0.4, 0.5) is 0 Å². The summed E-state index contributed by atoms with van der Waals surface area (Å²) in [6.45, 7) is 5.31. The van der Waals surface area contributed by atoms with Crippen LogP contribution in [0.1, 0.15) is 58.8 Å². The van der Waals surface area contributed by atoms with Crippen LogP contribution in [0.15, 0.2) is 40.1 Å². The molecular formula is C23H29NO3. The number of carbonyl (C=O) groups excluding carboxylic acids is 1. The van der Waals surface area contributed by atoms with Gasteiger partial charge in [-0.1, -0.05) is 36.7 Å². The molecule has 0 aromatic heterocycles. The summed E-state index contributed by atoms with van der Waals surface area (Å²) < 4.78 is 5.19. The third-order valence-corrected chi connectivity index (χ3v) is 8.69. The van der Waals surface area contributed by atoms with E-state index in [1.807, 2.05) is 0 Å². The predicted molar refractivity (Wildman–Crippen MR) is 103 cm³/mol. The summed E-state index contributed by atoms with van der Waals surface area (Å²) in [6, 6.07) is 0. The van der Waals surface area contributed by atoms with E-state index < -0.39 is 0 Å². The molecule has 0 radical (unpaired) electrons. The molecule has 5 aliphatic rings. The Balaban J connectivity index is 1.43. The molecule has 1 aliphatic heterocycles. The average molecular weight is 367 g/mol. The van der Waals surface area contributed by atoms with E-state index in [4.69, 9.17) is 4.74 Å². The zero-order valence-corrected chi connectivity index (χ0v) is 16.3. The molecule has 1 N–H and O–H groups in total. The minimum absolute atomic E-state index is 0.0660. The fraction of sp³-hybridized carbons (Fsp3) is 0.652. The first-order valence-electron chi connectivity index (χ1n) is 10.5. The van der Waals surface area contributed by atoms with Gasteiger partial charge in [0.25, 0.3) is 0 Å². The highest BCUT2D eigenvalue weighted by Gasteiger charge is 2.56. The van der Waals surface area contributed by atoms with Gasteiger partial charge in [0.2, 0.25) is 0 Å². The van der Waals surface area contributed by atoms with Gasteiger partial charge in [0.1, 0.15) is 6.61 Å². The van der Waals surface area contributed by atoms with Crippen LogP contribution in [0.25, 0.3) is 0 Å². The number of hydrogen-bond acceptors (Lipinski definition) is 4. The van der Waals surface area contributed by atoms with Gasteiger partial charge in [-0.3, -0.25) is 0 Å². The van der Waals surface area contributed by atoms with Gasteiger partial charge in [0.05, 0.1) is 5.71 Å². The first-order valence-corrected chi connectivity index (χ1v) is 10.5. The van der Waals surface area contributed by atoms with Crippen LogP contribution in [0.3, 0.4) is 0 Å². The number of nitrogens with zero attached hydrogens (tertiary/aromatic N) is 1. The number of esters is 1. The van der Waals surface area contributed by atoms with Crippen molar-refractivity contribution in [1.29, 1.82) is 0 Å². The summed E-state index contributed by atoms with van der Waals surface area (Å²) in [5.41, 5.74) is 5.40. The maximum Gasteiger partial charge on any atom is 0.331 e. The number of carbonyl (C=O) groups is 1. The average Bonchev–Trinajstić information content (AvgIpc) is 3.23. The lowest BCUT2D eigenvalue weighted by Crippen LogP contribution is -2.51. The normalized spacial score (nSPS) is 44.7. The molecule has 0 spiro atoms. The Kier molecular flexibility index (Phi) is 3.73. The molecule has 0 bridgehead atoms. The van der Waals surface area contributed by atoms with Crippen molar-refractivity contribution in [1.82, 2.24) is 0 Å². The van der Waals surface area contributed by atoms with Crippen molar-refractivity contribution in [3.63, 3.8) is 0 Å². The summed E-state index contributed by atoms with van der Waals surface area (Å²) in [5, 5.41) is 12.8. The Hall–Kier alpha value is -1.84. The molecule has 4 heteroatoms. The SMILES string of the molecule is CC12CCC3C(CCC4CC(=NO)CCC43C)C1=CC=C2C1=CC(=O)OC1. The number of rotatable bonds is 1. The number of oxime groups is 1. The first-order chi connectivity index (χ1) is 13.0. The Morgan fingerprint density at radius 3 is 2.78 bits per heavy atom. The molecule has 5 unspecified atom stereocenters. The van der Waals surface area contributed by atoms with E-state index in [1.165, 1.54) is 24.8 Å². The molecule has 144 valence electrons. The second-order valence-electron chi connectivity index (χ2n) is 9.71. The van der Waals surface area contributed by atoms with Crippen LogP contribution in [0, 0.1) is 28.6 Å². The van der Waals surface area contributed by atoms with Crippen LogP contribution < -0.4 is 0 Å². The van der Waals surface area contributed by atoms with Crippen molar-refractivity contribution in [3.8, 4) is 0 Å². The van der Waals surface area contributed by atoms with E-state index in [0.29, 0.717) is 23.9 Å². The van der Waals surface area contributed by atoms with Crippen molar-refractivity contribution in [3.05, 3.63) is 34.9 Å². The van der Waals surface area contributed by atoms with Crippen LogP contribution in [0.5, 0.6) is 0 Å². The fourth-order valence-corrected chi connectivity index (χ4v) is 7.14. The zero-order chi connectivity index (χ0) is 18.8. The molecular weight excluding hydrogens is 338 g/mol. The Morgan fingerprint density at radius 2 is 2.04 bits per heavy atom. The Bertz CT molecular complexity index is 819. The lowest BCUT2D eigenvalue weighted by Gasteiger charge is -2.58. The van der Waals surface area contributed by atoms with Crippen molar-refractivity contribution < 1.29 is 14.7 Å². The number of fused-ring (bicyclic) bond motifs is 5. The largest absolute Gasteiger partial charge is 0.458 e. The quantitative estimate of drug-likeness (QED) is 0.411. The second kappa shape index (κ2) is 5.83. The standard InChI is InChI=1S/C23H29NO3/c1-22-9-7-16(24-26)12-15(22)3-4-17-19-6-5-18(14-11-21(25)27-13-14)23(19,2)10-8-20(17)22/h5-6,11,15,17,20,26H,3-4,7-10,12-13H2,1-2H3. The maximum absolute atomic E-state index is 11.6. The third kappa shape index (κ3) is 2.34. The molecule has 4 nitrogen and oxygen atoms in total. The molecule has 3 fully saturated rings. The Morgan fingerprint density at radius 1 is 1.19 bits per heavy atom. The molecule has 0 saturated heterocycles. The summed E-state index contributed by atoms with van der Waals surface area (Å²) >= 11 is 0. The third-order valence-electron chi connectivity index (χ3n) is 8.69. The molecule has 1 heterocycles. The van der Waals surface area contributed by atoms with E-state index in [9.17, 15) is 10.0 Å². The molecule has 0 aromatic carbocycles. The predicted octanol–water partition coefficient (Wildman–Crippen LogP) is 4.80. The molecule has 0 aromatic rings. The number of ether oxygens (including phenoxy) is 1. The topological polar surface area (TPSA) is 58.9 Å². The zero-order valence-electron chi connectivity index (χ0n) is 16.3. The maximum atomic E-state index is 11.6. The Labute approximate surface area is 161 Å². The van der Waals surface area contributed by atoms with Gasteiger partial charge in [-0.15, -0.1) is 0 Å². The number of hydrogen-bond donors (Lipinski definition) is 1. The van der Waals surface area contributed by atoms with Crippen molar-refractivity contribution in [2.45, 2.75) is 58.8 Å². The molecule has 27 heavy (non-hydrogen) atoms. The molecule has 5 rings (SSSR count). The summed E-state index contributed by atoms with van der Waals surface area (Å²) in [6.07, 6.45) is 14.2. The van der Waals surface area contributed by atoms with E-state index in [1.54, 1.807) is 11.6 Å². The monoisotopic (exact) mass is 367 g/mol. The van der Waals surface area contributed by atoms with E-state index >= 15 is 0 Å². The van der Waals surface area contributed by atoms with Gasteiger partial charge in [-0.25, -0.2) is 4.79 Å². The highest BCUT2D eigenvalue weighted by molar-refractivity contribution is 5.87. The van der Waals surface area contributed by atoms with Gasteiger partial charge in [-0.2, -0.15) is 0 Å². The van der Waals surface area contributed by atoms with E-state index in [2.05, 4.69) is 31.2 Å². The van der Waals surface area contributed by atoms with Crippen molar-refractivity contribution >= 4 is 11.7 Å². The molecule has 3 saturated carbocycles. The van der Waals surface area contributed by atoms with E-state index in [0.717, 1.165) is 42.9 Å². The minimum atomic E-state index is -0.201. The van der Waals surface area contributed by atoms with Gasteiger partial charge in [0, 0.05) is 17.1 Å². The van der Waals surface area contributed by atoms with Crippen LogP contribution in [-0.4, -0.2) is 23.5 Å². The number of cyclic esters (lactones) is 1. The lowest BCUT2D eigenvalue weighted by molar-refractivity contribution is -0.134. The van der Waals surface area contributed by atoms with Crippen molar-refractivity contribution in [2.75, 3.05) is 6.61 Å². The fourth-order valence-electron chi connectivity index (χ4n) is 7.14. The first kappa shape index (κ1) is 17.3. The van der Waals surface area contributed by atoms with Crippen LogP contribution in [-0.2, 0) is 9.53 Å². The summed E-state index contributed by atoms with van der Waals surface area (Å²) in [5.74, 6) is 1.82. The summed E-state index contributed by atoms with van der Waals surface area (Å²) in [7, 11) is 0. The minimum Gasteiger partial charge on any atom is -0.458 e. The highest BCUT2D eigenvalue weighted by Crippen LogP contribution is 2.65. The second-order valence-corrected chi connectivity index (χ2v) is 9.71. The summed E-state index contributed by atoms with van der Waals surface area (Å²) in [4.78, 5) is 11.6. The molecule has 4 aliphatic carbocycles. The van der Waals surface area contributed by atoms with Crippen LogP contribution >= 0.6 is 0 Å². The molecule has 0 amide bonds. The highest BCUT2D eigenvalue weighted by atomic mass is 16.5. The van der Waals surface area contributed by atoms with Crippen LogP contribution in [0.2, 0.25) is 0 Å². The smallest absolute Gasteiger partial charge is 0.331 e. The van der Waals surface area contributed by atoms with Gasteiger partial charge >= 0.3 is 5.97 Å². The lowest BCUT2D eigenvalue weighted by atomic mass is 9.46. The van der Waals surface area contributed by atoms with Gasteiger partial charge in [0.15, 0.2) is 0 Å². The number of allylic oxidation sites excluding steroid dienone is 3.